The summed E-state index contributed by atoms with van der Waals surface area (Å²) in [4.78, 5) is 32.2. The number of carbonyl (C=O) groups is 2. The average molecular weight is 882 g/mol. The van der Waals surface area contributed by atoms with Crippen LogP contribution in [0.25, 0.3) is 31.7 Å². The first-order valence-electron chi connectivity index (χ1n) is 20.8. The third-order valence-electron chi connectivity index (χ3n) is 11.5. The second-order valence-corrected chi connectivity index (χ2v) is 21.7. The number of benzene rings is 4. The van der Waals surface area contributed by atoms with Crippen molar-refractivity contribution < 1.29 is 47.2 Å². The molecule has 0 aromatic heterocycles. The van der Waals surface area contributed by atoms with Gasteiger partial charge in [0.1, 0.15) is 48.9 Å². The van der Waals surface area contributed by atoms with Gasteiger partial charge in [0.15, 0.2) is 20.9 Å². The van der Waals surface area contributed by atoms with Crippen LogP contribution in [0.4, 0.5) is 4.79 Å². The first-order chi connectivity index (χ1) is 30.2. The van der Waals surface area contributed by atoms with Crippen molar-refractivity contribution in [3.8, 4) is 5.75 Å². The maximum atomic E-state index is 13.2. The Morgan fingerprint density at radius 2 is 1.38 bits per heavy atom. The highest BCUT2D eigenvalue weighted by atomic mass is 28.4. The van der Waals surface area contributed by atoms with E-state index in [0.29, 0.717) is 5.75 Å². The van der Waals surface area contributed by atoms with Crippen LogP contribution in [0.5, 0.6) is 5.75 Å². The Kier molecular flexibility index (Phi) is 15.7. The molecule has 2 heterocycles. The van der Waals surface area contributed by atoms with Crippen molar-refractivity contribution in [2.24, 2.45) is 10.2 Å². The first kappa shape index (κ1) is 46.8. The normalized spacial score (nSPS) is 26.1. The van der Waals surface area contributed by atoms with Crippen LogP contribution in [0.3, 0.4) is 0 Å². The summed E-state index contributed by atoms with van der Waals surface area (Å²) in [6, 6.07) is 28.4. The molecule has 1 amide bonds. The fourth-order valence-corrected chi connectivity index (χ4v) is 8.41. The number of amides is 1. The first-order valence-corrected chi connectivity index (χ1v) is 23.7. The molecule has 0 bridgehead atoms. The summed E-state index contributed by atoms with van der Waals surface area (Å²) < 4.78 is 51.6. The van der Waals surface area contributed by atoms with E-state index in [9.17, 15) is 20.7 Å². The van der Waals surface area contributed by atoms with Crippen molar-refractivity contribution in [3.63, 3.8) is 0 Å². The second-order valence-electron chi connectivity index (χ2n) is 17.0. The molecule has 2 aliphatic heterocycles. The molecular formula is C45H55N7O10Si. The molecule has 17 nitrogen and oxygen atoms in total. The molecule has 0 aliphatic carbocycles. The zero-order chi connectivity index (χ0) is 45.1. The molecule has 334 valence electrons. The van der Waals surface area contributed by atoms with E-state index in [1.54, 1.807) is 25.1 Å². The van der Waals surface area contributed by atoms with Crippen molar-refractivity contribution in [2.45, 2.75) is 127 Å². The van der Waals surface area contributed by atoms with E-state index in [1.807, 2.05) is 84.9 Å². The molecule has 0 unspecified atom stereocenters. The lowest BCUT2D eigenvalue weighted by atomic mass is 9.93. The van der Waals surface area contributed by atoms with Crippen LogP contribution in [0, 0.1) is 0 Å². The molecule has 0 saturated carbocycles. The molecule has 2 aliphatic rings. The lowest BCUT2D eigenvalue weighted by Gasteiger charge is -2.50. The van der Waals surface area contributed by atoms with Crippen molar-refractivity contribution in [3.05, 3.63) is 135 Å². The van der Waals surface area contributed by atoms with Crippen molar-refractivity contribution >= 4 is 31.2 Å². The molecule has 10 atom stereocenters. The van der Waals surface area contributed by atoms with Crippen LogP contribution in [0.15, 0.2) is 113 Å². The van der Waals surface area contributed by atoms with Gasteiger partial charge in [-0.25, -0.2) is 4.79 Å². The number of hydrogen-bond donors (Lipinski definition) is 1. The minimum absolute atomic E-state index is 0.0294. The molecule has 2 saturated heterocycles. The fraction of sp³-hybridized carbons (Fsp3) is 0.467. The zero-order valence-electron chi connectivity index (χ0n) is 36.5. The zero-order valence-corrected chi connectivity index (χ0v) is 37.5. The average Bonchev–Trinajstić information content (AvgIpc) is 3.25. The fourth-order valence-electron chi connectivity index (χ4n) is 7.28. The number of nitrogens with one attached hydrogen (secondary N) is 1. The molecule has 2 fully saturated rings. The quantitative estimate of drug-likeness (QED) is 0.0370. The van der Waals surface area contributed by atoms with E-state index in [0.717, 1.165) is 21.9 Å². The summed E-state index contributed by atoms with van der Waals surface area (Å²) in [5.41, 5.74) is 21.7. The Bertz CT molecular complexity index is 2250. The van der Waals surface area contributed by atoms with Crippen LogP contribution >= 0.6 is 0 Å². The number of esters is 1. The van der Waals surface area contributed by atoms with Gasteiger partial charge in [0.05, 0.1) is 25.4 Å². The summed E-state index contributed by atoms with van der Waals surface area (Å²) in [5, 5.41) is 12.4. The molecule has 4 aromatic rings. The van der Waals surface area contributed by atoms with Crippen LogP contribution in [0.2, 0.25) is 18.1 Å². The Labute approximate surface area is 367 Å². The number of nitrogens with zero attached hydrogens (tertiary/aromatic N) is 6. The van der Waals surface area contributed by atoms with Gasteiger partial charge in [-0.3, -0.25) is 4.79 Å². The van der Waals surface area contributed by atoms with Gasteiger partial charge in [0, 0.05) is 22.1 Å². The highest BCUT2D eigenvalue weighted by Crippen LogP contribution is 2.42. The lowest BCUT2D eigenvalue weighted by molar-refractivity contribution is -0.309. The van der Waals surface area contributed by atoms with Gasteiger partial charge in [-0.2, -0.15) is 0 Å². The monoisotopic (exact) mass is 881 g/mol. The van der Waals surface area contributed by atoms with Crippen LogP contribution in [-0.2, 0) is 50.9 Å². The largest absolute Gasteiger partial charge is 0.486 e. The number of fused-ring (bicyclic) bond motifs is 1. The highest BCUT2D eigenvalue weighted by Gasteiger charge is 2.55. The topological polar surface area (TPSA) is 218 Å². The minimum atomic E-state index is -2.63. The van der Waals surface area contributed by atoms with E-state index >= 15 is 0 Å². The number of azide groups is 2. The minimum Gasteiger partial charge on any atom is -0.486 e. The third-order valence-corrected chi connectivity index (χ3v) is 16.0. The molecule has 63 heavy (non-hydrogen) atoms. The SMILES string of the molecule is CC(=O)O[C@@H]1[C@@H](N=[N+]=[N-])[C@@H](O[C@@H]2[C@H](Oc3cccc4ccccc34)[C@@H](N=[N+]=[N-])[C@H](O[Si](C)(C)C(C)(C)C)O[C@@H]2COCc2ccccc2)O[C@H](C)[C@@H]1NC(=O)OCc1ccccc1. The summed E-state index contributed by atoms with van der Waals surface area (Å²) in [6.07, 6.45) is -8.87. The molecule has 1 N–H and O–H groups in total. The molecular weight excluding hydrogens is 827 g/mol. The van der Waals surface area contributed by atoms with E-state index in [2.05, 4.69) is 59.2 Å². The third kappa shape index (κ3) is 11.9. The molecule has 4 aromatic carbocycles. The van der Waals surface area contributed by atoms with Crippen LogP contribution < -0.4 is 10.1 Å². The van der Waals surface area contributed by atoms with Gasteiger partial charge < -0.3 is 42.9 Å². The van der Waals surface area contributed by atoms with Crippen molar-refractivity contribution in [1.82, 2.24) is 5.32 Å². The number of carbonyl (C=O) groups excluding carboxylic acids is 2. The van der Waals surface area contributed by atoms with E-state index in [4.69, 9.17) is 37.6 Å². The van der Waals surface area contributed by atoms with Crippen molar-refractivity contribution in [1.29, 1.82) is 0 Å². The molecule has 18 heteroatoms. The van der Waals surface area contributed by atoms with Gasteiger partial charge >= 0.3 is 12.1 Å². The van der Waals surface area contributed by atoms with Crippen LogP contribution in [-0.4, -0.2) is 88.2 Å². The summed E-state index contributed by atoms with van der Waals surface area (Å²) in [7, 11) is -2.63. The summed E-state index contributed by atoms with van der Waals surface area (Å²) in [5.74, 6) is -0.253. The summed E-state index contributed by atoms with van der Waals surface area (Å²) >= 11 is 0. The van der Waals surface area contributed by atoms with Gasteiger partial charge in [-0.05, 0) is 58.7 Å². The standard InChI is InChI=1S/C45H55N7O10Si/c1-28-36(48-44(54)56-26-31-19-12-9-13-20-31)40(58-29(2)53)37(49-51-46)42(57-28)61-39-35(27-55-25-30-17-10-8-11-18-30)60-43(62-63(6,7)45(3,4)5)38(50-52-47)41(39)59-34-24-16-22-32-21-14-15-23-33(32)34/h8-24,28,35-43H,25-27H2,1-7H3,(H,48,54)/t28-,35-,36+,37-,38-,39+,40+,41-,42-,43+/m1/s1. The summed E-state index contributed by atoms with van der Waals surface area (Å²) in [6.45, 7) is 13.4. The maximum absolute atomic E-state index is 13.2. The highest BCUT2D eigenvalue weighted by molar-refractivity contribution is 6.74. The van der Waals surface area contributed by atoms with E-state index < -0.39 is 81.6 Å². The predicted molar refractivity (Wildman–Crippen MR) is 236 cm³/mol. The number of hydrogen-bond acceptors (Lipinski definition) is 12. The maximum Gasteiger partial charge on any atom is 0.407 e. The molecule has 0 spiro atoms. The molecule has 6 rings (SSSR count). The van der Waals surface area contributed by atoms with Gasteiger partial charge in [0.25, 0.3) is 0 Å². The smallest absolute Gasteiger partial charge is 0.407 e. The van der Waals surface area contributed by atoms with Gasteiger partial charge in [-0.1, -0.05) is 128 Å². The Hall–Kier alpha value is -5.68. The van der Waals surface area contributed by atoms with E-state index in [-0.39, 0.29) is 24.9 Å². The predicted octanol–water partition coefficient (Wildman–Crippen LogP) is 9.27. The number of ether oxygens (including phenoxy) is 7. The van der Waals surface area contributed by atoms with Crippen molar-refractivity contribution in [2.75, 3.05) is 6.61 Å². The Morgan fingerprint density at radius 3 is 2.02 bits per heavy atom. The number of alkyl carbamates (subject to hydrolysis) is 1. The Balaban J connectivity index is 1.40. The molecule has 0 radical (unpaired) electrons. The lowest BCUT2D eigenvalue weighted by Crippen LogP contribution is -2.67. The van der Waals surface area contributed by atoms with Crippen LogP contribution in [0.1, 0.15) is 45.7 Å². The Morgan fingerprint density at radius 1 is 0.778 bits per heavy atom. The van der Waals surface area contributed by atoms with E-state index in [1.165, 1.54) is 6.92 Å². The number of rotatable bonds is 16. The second kappa shape index (κ2) is 21.1. The van der Waals surface area contributed by atoms with Gasteiger partial charge in [0.2, 0.25) is 0 Å². The van der Waals surface area contributed by atoms with Gasteiger partial charge in [-0.15, -0.1) is 0 Å².